The van der Waals surface area contributed by atoms with Gasteiger partial charge in [-0.05, 0) is 23.8 Å². The van der Waals surface area contributed by atoms with Crippen LogP contribution in [0.2, 0.25) is 0 Å². The number of hydrogen-bond acceptors (Lipinski definition) is 4. The summed E-state index contributed by atoms with van der Waals surface area (Å²) in [6.45, 7) is 0. The Kier molecular flexibility index (Phi) is 3.35. The highest BCUT2D eigenvalue weighted by Crippen LogP contribution is 2.12. The summed E-state index contributed by atoms with van der Waals surface area (Å²) in [5.41, 5.74) is 0.494. The molecule has 0 saturated carbocycles. The molecular formula is C13H11NO3. The van der Waals surface area contributed by atoms with E-state index >= 15 is 0 Å². The van der Waals surface area contributed by atoms with Gasteiger partial charge in [0, 0.05) is 18.5 Å². The molecule has 0 aliphatic rings. The van der Waals surface area contributed by atoms with Crippen LogP contribution in [-0.2, 0) is 0 Å². The number of methoxy groups -OCH3 is 1. The van der Waals surface area contributed by atoms with Crippen molar-refractivity contribution in [2.24, 2.45) is 0 Å². The highest BCUT2D eigenvalue weighted by Gasteiger charge is 1.98. The standard InChI is InChI=1S/C13H11NO3/c1-16-12-7-11(17-13(15)8-12)5-4-10-3-2-6-14-9-10/h2-9H,1H3. The summed E-state index contributed by atoms with van der Waals surface area (Å²) in [6, 6.07) is 6.68. The van der Waals surface area contributed by atoms with Crippen LogP contribution in [0.15, 0.2) is 45.9 Å². The average Bonchev–Trinajstić information content (AvgIpc) is 2.37. The molecule has 0 radical (unpaired) electrons. The summed E-state index contributed by atoms with van der Waals surface area (Å²) in [5.74, 6) is 0.922. The minimum Gasteiger partial charge on any atom is -0.496 e. The SMILES string of the molecule is COc1cc(C=Cc2cccnc2)oc(=O)c1. The maximum atomic E-state index is 11.2. The van der Waals surface area contributed by atoms with Gasteiger partial charge in [0.2, 0.25) is 0 Å². The van der Waals surface area contributed by atoms with Crippen LogP contribution in [-0.4, -0.2) is 12.1 Å². The third-order valence-electron chi connectivity index (χ3n) is 2.12. The van der Waals surface area contributed by atoms with E-state index < -0.39 is 5.63 Å². The highest BCUT2D eigenvalue weighted by molar-refractivity contribution is 5.67. The lowest BCUT2D eigenvalue weighted by Gasteiger charge is -1.98. The zero-order valence-electron chi connectivity index (χ0n) is 9.29. The van der Waals surface area contributed by atoms with Crippen LogP contribution in [0.3, 0.4) is 0 Å². The van der Waals surface area contributed by atoms with E-state index in [-0.39, 0.29) is 0 Å². The Morgan fingerprint density at radius 2 is 2.24 bits per heavy atom. The Morgan fingerprint density at radius 1 is 1.35 bits per heavy atom. The number of aromatic nitrogens is 1. The fourth-order valence-electron chi connectivity index (χ4n) is 1.33. The Balaban J connectivity index is 2.27. The van der Waals surface area contributed by atoms with Crippen molar-refractivity contribution in [3.8, 4) is 5.75 Å². The molecular weight excluding hydrogens is 218 g/mol. The summed E-state index contributed by atoms with van der Waals surface area (Å²) >= 11 is 0. The van der Waals surface area contributed by atoms with Crippen molar-refractivity contribution in [3.63, 3.8) is 0 Å². The van der Waals surface area contributed by atoms with Gasteiger partial charge in [0.05, 0.1) is 13.2 Å². The van der Waals surface area contributed by atoms with Gasteiger partial charge in [-0.1, -0.05) is 6.07 Å². The Bertz CT molecular complexity index is 573. The van der Waals surface area contributed by atoms with Crippen LogP contribution in [0.25, 0.3) is 12.2 Å². The lowest BCUT2D eigenvalue weighted by molar-refractivity contribution is 0.400. The molecule has 2 aromatic rings. The molecule has 0 fully saturated rings. The first-order valence-electron chi connectivity index (χ1n) is 5.05. The third kappa shape index (κ3) is 3.04. The van der Waals surface area contributed by atoms with Crippen molar-refractivity contribution >= 4 is 12.2 Å². The van der Waals surface area contributed by atoms with Crippen molar-refractivity contribution in [3.05, 3.63) is 58.4 Å². The van der Waals surface area contributed by atoms with Gasteiger partial charge in [-0.2, -0.15) is 0 Å². The summed E-state index contributed by atoms with van der Waals surface area (Å²) in [4.78, 5) is 15.2. The molecule has 2 heterocycles. The molecule has 0 aliphatic carbocycles. The molecule has 0 bridgehead atoms. The molecule has 4 heteroatoms. The van der Waals surface area contributed by atoms with Gasteiger partial charge in [-0.3, -0.25) is 4.98 Å². The second-order valence-electron chi connectivity index (χ2n) is 3.34. The number of nitrogens with zero attached hydrogens (tertiary/aromatic N) is 1. The molecule has 17 heavy (non-hydrogen) atoms. The predicted octanol–water partition coefficient (Wildman–Crippen LogP) is 2.21. The van der Waals surface area contributed by atoms with E-state index in [0.29, 0.717) is 11.5 Å². The van der Waals surface area contributed by atoms with Crippen LogP contribution >= 0.6 is 0 Å². The molecule has 4 nitrogen and oxygen atoms in total. The zero-order chi connectivity index (χ0) is 12.1. The molecule has 86 valence electrons. The lowest BCUT2D eigenvalue weighted by Crippen LogP contribution is -1.98. The van der Waals surface area contributed by atoms with Crippen molar-refractivity contribution in [2.45, 2.75) is 0 Å². The third-order valence-corrected chi connectivity index (χ3v) is 2.12. The normalized spacial score (nSPS) is 10.6. The second kappa shape index (κ2) is 5.12. The molecule has 2 rings (SSSR count). The van der Waals surface area contributed by atoms with Crippen molar-refractivity contribution < 1.29 is 9.15 Å². The molecule has 0 atom stereocenters. The van der Waals surface area contributed by atoms with Crippen molar-refractivity contribution in [2.75, 3.05) is 7.11 Å². The van der Waals surface area contributed by atoms with E-state index in [1.54, 1.807) is 24.5 Å². The molecule has 0 aromatic carbocycles. The van der Waals surface area contributed by atoms with Gasteiger partial charge >= 0.3 is 5.63 Å². The second-order valence-corrected chi connectivity index (χ2v) is 3.34. The van der Waals surface area contributed by atoms with Crippen molar-refractivity contribution in [1.29, 1.82) is 0 Å². The Morgan fingerprint density at radius 3 is 2.94 bits per heavy atom. The number of hydrogen-bond donors (Lipinski definition) is 0. The molecule has 0 saturated heterocycles. The first-order valence-corrected chi connectivity index (χ1v) is 5.05. The van der Waals surface area contributed by atoms with E-state index in [1.165, 1.54) is 13.2 Å². The van der Waals surface area contributed by atoms with E-state index in [0.717, 1.165) is 5.56 Å². The van der Waals surface area contributed by atoms with E-state index in [9.17, 15) is 4.79 Å². The highest BCUT2D eigenvalue weighted by atomic mass is 16.5. The monoisotopic (exact) mass is 229 g/mol. The Hall–Kier alpha value is -2.36. The maximum absolute atomic E-state index is 11.2. The van der Waals surface area contributed by atoms with Gasteiger partial charge in [0.15, 0.2) is 0 Å². The van der Waals surface area contributed by atoms with Gasteiger partial charge in [-0.15, -0.1) is 0 Å². The van der Waals surface area contributed by atoms with Gasteiger partial charge in [-0.25, -0.2) is 4.79 Å². The number of rotatable bonds is 3. The minimum atomic E-state index is -0.435. The van der Waals surface area contributed by atoms with Crippen LogP contribution in [0, 0.1) is 0 Å². The van der Waals surface area contributed by atoms with E-state index in [2.05, 4.69) is 4.98 Å². The molecule has 0 spiro atoms. The van der Waals surface area contributed by atoms with Crippen LogP contribution < -0.4 is 10.4 Å². The Labute approximate surface area is 98.2 Å². The lowest BCUT2D eigenvalue weighted by atomic mass is 10.2. The van der Waals surface area contributed by atoms with Gasteiger partial charge in [0.25, 0.3) is 0 Å². The largest absolute Gasteiger partial charge is 0.496 e. The van der Waals surface area contributed by atoms with Crippen LogP contribution in [0.5, 0.6) is 5.75 Å². The van der Waals surface area contributed by atoms with Gasteiger partial charge in [0.1, 0.15) is 11.5 Å². The van der Waals surface area contributed by atoms with Crippen molar-refractivity contribution in [1.82, 2.24) is 4.98 Å². The molecule has 0 amide bonds. The summed E-state index contributed by atoms with van der Waals surface area (Å²) in [7, 11) is 1.50. The summed E-state index contributed by atoms with van der Waals surface area (Å²) < 4.78 is 9.98. The fraction of sp³-hybridized carbons (Fsp3) is 0.0769. The molecule has 0 N–H and O–H groups in total. The number of ether oxygens (including phenoxy) is 1. The predicted molar refractivity (Wildman–Crippen MR) is 64.7 cm³/mol. The van der Waals surface area contributed by atoms with Crippen LogP contribution in [0.1, 0.15) is 11.3 Å². The zero-order valence-corrected chi connectivity index (χ0v) is 9.29. The number of pyridine rings is 1. The first-order chi connectivity index (χ1) is 8.28. The molecule has 0 aliphatic heterocycles. The smallest absolute Gasteiger partial charge is 0.339 e. The minimum absolute atomic E-state index is 0.435. The quantitative estimate of drug-likeness (QED) is 0.809. The fourth-order valence-corrected chi connectivity index (χ4v) is 1.33. The summed E-state index contributed by atoms with van der Waals surface area (Å²) in [6.07, 6.45) is 6.92. The van der Waals surface area contributed by atoms with E-state index in [4.69, 9.17) is 9.15 Å². The molecule has 0 unspecified atom stereocenters. The molecule has 2 aromatic heterocycles. The topological polar surface area (TPSA) is 52.3 Å². The van der Waals surface area contributed by atoms with E-state index in [1.807, 2.05) is 18.2 Å². The van der Waals surface area contributed by atoms with Crippen LogP contribution in [0.4, 0.5) is 0 Å². The average molecular weight is 229 g/mol. The first kappa shape index (κ1) is 11.1. The van der Waals surface area contributed by atoms with Gasteiger partial charge < -0.3 is 9.15 Å². The maximum Gasteiger partial charge on any atom is 0.339 e. The summed E-state index contributed by atoms with van der Waals surface area (Å²) in [5, 5.41) is 0.